The van der Waals surface area contributed by atoms with Crippen LogP contribution in [0.1, 0.15) is 22.8 Å². The number of rotatable bonds is 6. The van der Waals surface area contributed by atoms with Crippen molar-refractivity contribution in [2.45, 2.75) is 13.3 Å². The normalized spacial score (nSPS) is 11.6. The maximum Gasteiger partial charge on any atom is 0.255 e. The quantitative estimate of drug-likeness (QED) is 0.654. The Labute approximate surface area is 161 Å². The molecule has 0 saturated carbocycles. The lowest BCUT2D eigenvalue weighted by Gasteiger charge is -2.09. The van der Waals surface area contributed by atoms with E-state index in [2.05, 4.69) is 15.6 Å². The van der Waals surface area contributed by atoms with Gasteiger partial charge in [-0.3, -0.25) is 4.79 Å². The summed E-state index contributed by atoms with van der Waals surface area (Å²) in [6.07, 6.45) is 1.69. The molecule has 0 aliphatic carbocycles. The first-order valence-corrected chi connectivity index (χ1v) is 10.7. The number of fused-ring (bicyclic) bond motifs is 1. The van der Waals surface area contributed by atoms with Crippen molar-refractivity contribution >= 4 is 32.7 Å². The number of carbonyl (C=O) groups excluding carboxylic acids is 1. The number of furan rings is 1. The molecule has 0 fully saturated rings. The van der Waals surface area contributed by atoms with Crippen molar-refractivity contribution in [1.82, 2.24) is 10.3 Å². The minimum Gasteiger partial charge on any atom is -0.437 e. The zero-order valence-electron chi connectivity index (χ0n) is 15.7. The fraction of sp³-hybridized carbons (Fsp3) is 0.263. The number of benzene rings is 1. The van der Waals surface area contributed by atoms with Crippen molar-refractivity contribution in [3.63, 3.8) is 0 Å². The number of amides is 1. The zero-order valence-corrected chi connectivity index (χ0v) is 16.5. The predicted molar refractivity (Wildman–Crippen MR) is 106 cm³/mol. The summed E-state index contributed by atoms with van der Waals surface area (Å²) in [5.41, 5.74) is 1.75. The maximum atomic E-state index is 13.3. The van der Waals surface area contributed by atoms with Gasteiger partial charge in [0.15, 0.2) is 9.84 Å². The Hall–Kier alpha value is -2.94. The van der Waals surface area contributed by atoms with E-state index in [0.29, 0.717) is 28.8 Å². The number of nitrogens with one attached hydrogen (secondary N) is 2. The molecule has 3 rings (SSSR count). The van der Waals surface area contributed by atoms with E-state index >= 15 is 0 Å². The van der Waals surface area contributed by atoms with Crippen LogP contribution in [0.15, 0.2) is 34.7 Å². The molecule has 3 aromatic rings. The molecule has 0 spiro atoms. The zero-order chi connectivity index (χ0) is 20.5. The number of hydrogen-bond donors (Lipinski definition) is 2. The van der Waals surface area contributed by atoms with Crippen molar-refractivity contribution in [3.8, 4) is 11.3 Å². The lowest BCUT2D eigenvalue weighted by Crippen LogP contribution is -2.18. The monoisotopic (exact) mass is 405 g/mol. The number of hydrogen-bond acceptors (Lipinski definition) is 6. The molecule has 2 aromatic heterocycles. The van der Waals surface area contributed by atoms with Gasteiger partial charge in [0.05, 0.1) is 10.9 Å². The molecule has 0 bridgehead atoms. The van der Waals surface area contributed by atoms with Crippen LogP contribution in [0, 0.1) is 5.82 Å². The third-order valence-corrected chi connectivity index (χ3v) is 4.87. The van der Waals surface area contributed by atoms with Gasteiger partial charge in [0.1, 0.15) is 23.3 Å². The Morgan fingerprint density at radius 2 is 1.93 bits per heavy atom. The van der Waals surface area contributed by atoms with Crippen molar-refractivity contribution in [1.29, 1.82) is 0 Å². The molecule has 0 aliphatic heterocycles. The molecule has 0 radical (unpaired) electrons. The van der Waals surface area contributed by atoms with E-state index in [-0.39, 0.29) is 23.3 Å². The van der Waals surface area contributed by atoms with Crippen molar-refractivity contribution < 1.29 is 22.0 Å². The number of anilines is 1. The third-order valence-electron chi connectivity index (χ3n) is 4.20. The summed E-state index contributed by atoms with van der Waals surface area (Å²) in [5.74, 6) is -0.391. The van der Waals surface area contributed by atoms with Gasteiger partial charge >= 0.3 is 0 Å². The van der Waals surface area contributed by atoms with Crippen molar-refractivity contribution in [2.75, 3.05) is 24.5 Å². The largest absolute Gasteiger partial charge is 0.437 e. The molecule has 0 atom stereocenters. The Morgan fingerprint density at radius 3 is 2.50 bits per heavy atom. The Kier molecular flexibility index (Phi) is 5.37. The molecular weight excluding hydrogens is 385 g/mol. The predicted octanol–water partition coefficient (Wildman–Crippen LogP) is 2.97. The second-order valence-electron chi connectivity index (χ2n) is 6.34. The lowest BCUT2D eigenvalue weighted by molar-refractivity contribution is 0.0964. The number of nitrogens with zero attached hydrogens (tertiary/aromatic N) is 1. The first kappa shape index (κ1) is 19.8. The van der Waals surface area contributed by atoms with Crippen LogP contribution in [-0.2, 0) is 16.3 Å². The number of carbonyl (C=O) groups is 1. The standard InChI is InChI=1S/C19H20FN3O4S/c1-4-11-9-14-15(18(24)21-2)16(12-5-7-13(20)8-6-12)27-19(14)23-17(11)22-10-28(3,25)26/h5-9H,4,10H2,1-3H3,(H,21,24)(H,22,23). The molecule has 0 aliphatic rings. The lowest BCUT2D eigenvalue weighted by atomic mass is 10.0. The van der Waals surface area contributed by atoms with Gasteiger partial charge in [0.25, 0.3) is 5.91 Å². The number of pyridine rings is 1. The van der Waals surface area contributed by atoms with Crippen LogP contribution in [-0.4, -0.2) is 38.5 Å². The van der Waals surface area contributed by atoms with Gasteiger partial charge in [-0.05, 0) is 42.3 Å². The average molecular weight is 405 g/mol. The Morgan fingerprint density at radius 1 is 1.25 bits per heavy atom. The summed E-state index contributed by atoms with van der Waals surface area (Å²) in [6.45, 7) is 1.90. The van der Waals surface area contributed by atoms with Gasteiger partial charge in [-0.25, -0.2) is 12.8 Å². The number of halogens is 1. The molecular formula is C19H20FN3O4S. The van der Waals surface area contributed by atoms with E-state index in [0.717, 1.165) is 11.8 Å². The molecule has 28 heavy (non-hydrogen) atoms. The number of aromatic nitrogens is 1. The molecule has 0 saturated heterocycles. The summed E-state index contributed by atoms with van der Waals surface area (Å²) in [6, 6.07) is 7.35. The molecule has 148 valence electrons. The highest BCUT2D eigenvalue weighted by atomic mass is 32.2. The fourth-order valence-corrected chi connectivity index (χ4v) is 3.24. The molecule has 1 aromatic carbocycles. The van der Waals surface area contributed by atoms with E-state index in [1.54, 1.807) is 6.07 Å². The van der Waals surface area contributed by atoms with Gasteiger partial charge in [-0.1, -0.05) is 6.92 Å². The van der Waals surface area contributed by atoms with Crippen LogP contribution < -0.4 is 10.6 Å². The SMILES string of the molecule is CCc1cc2c(C(=O)NC)c(-c3ccc(F)cc3)oc2nc1NCS(C)(=O)=O. The molecule has 2 heterocycles. The van der Waals surface area contributed by atoms with Gasteiger partial charge in [-0.15, -0.1) is 0 Å². The molecule has 1 amide bonds. The number of aryl methyl sites for hydroxylation is 1. The third kappa shape index (κ3) is 3.99. The second kappa shape index (κ2) is 7.59. The van der Waals surface area contributed by atoms with Gasteiger partial charge in [-0.2, -0.15) is 4.98 Å². The van der Waals surface area contributed by atoms with Crippen molar-refractivity contribution in [3.05, 3.63) is 47.3 Å². The Balaban J connectivity index is 2.21. The molecule has 0 unspecified atom stereocenters. The van der Waals surface area contributed by atoms with Crippen LogP contribution in [0.2, 0.25) is 0 Å². The van der Waals surface area contributed by atoms with Crippen LogP contribution in [0.3, 0.4) is 0 Å². The van der Waals surface area contributed by atoms with Gasteiger partial charge in [0, 0.05) is 18.9 Å². The Bertz CT molecular complexity index is 1140. The van der Waals surface area contributed by atoms with Crippen LogP contribution in [0.25, 0.3) is 22.4 Å². The molecule has 2 N–H and O–H groups in total. The molecule has 7 nitrogen and oxygen atoms in total. The van der Waals surface area contributed by atoms with Crippen LogP contribution in [0.4, 0.5) is 10.2 Å². The minimum absolute atomic E-state index is 0.186. The summed E-state index contributed by atoms with van der Waals surface area (Å²) >= 11 is 0. The van der Waals surface area contributed by atoms with Crippen LogP contribution >= 0.6 is 0 Å². The smallest absolute Gasteiger partial charge is 0.255 e. The minimum atomic E-state index is -3.25. The highest BCUT2D eigenvalue weighted by Crippen LogP contribution is 2.35. The fourth-order valence-electron chi connectivity index (χ4n) is 2.84. The van der Waals surface area contributed by atoms with Gasteiger partial charge < -0.3 is 15.1 Å². The second-order valence-corrected chi connectivity index (χ2v) is 8.48. The highest BCUT2D eigenvalue weighted by Gasteiger charge is 2.24. The number of sulfone groups is 1. The van der Waals surface area contributed by atoms with E-state index < -0.39 is 15.7 Å². The van der Waals surface area contributed by atoms with Crippen LogP contribution in [0.5, 0.6) is 0 Å². The van der Waals surface area contributed by atoms with E-state index in [4.69, 9.17) is 4.42 Å². The maximum absolute atomic E-state index is 13.3. The summed E-state index contributed by atoms with van der Waals surface area (Å²) in [4.78, 5) is 16.9. The topological polar surface area (TPSA) is 101 Å². The van der Waals surface area contributed by atoms with E-state index in [1.807, 2.05) is 6.92 Å². The van der Waals surface area contributed by atoms with Crippen molar-refractivity contribution in [2.24, 2.45) is 0 Å². The first-order valence-electron chi connectivity index (χ1n) is 8.59. The summed E-state index contributed by atoms with van der Waals surface area (Å²) in [7, 11) is -1.74. The molecule has 9 heteroatoms. The van der Waals surface area contributed by atoms with Gasteiger partial charge in [0.2, 0.25) is 5.71 Å². The summed E-state index contributed by atoms with van der Waals surface area (Å²) < 4.78 is 42.1. The van der Waals surface area contributed by atoms with E-state index in [1.165, 1.54) is 31.3 Å². The highest BCUT2D eigenvalue weighted by molar-refractivity contribution is 7.90. The average Bonchev–Trinajstić information content (AvgIpc) is 3.03. The first-order chi connectivity index (χ1) is 13.2. The van der Waals surface area contributed by atoms with E-state index in [9.17, 15) is 17.6 Å². The summed E-state index contributed by atoms with van der Waals surface area (Å²) in [5, 5.41) is 5.89.